The predicted octanol–water partition coefficient (Wildman–Crippen LogP) is 1.06. The molecule has 4 rings (SSSR count). The van der Waals surface area contributed by atoms with Gasteiger partial charge in [0.15, 0.2) is 12.2 Å². The van der Waals surface area contributed by atoms with E-state index in [2.05, 4.69) is 20.9 Å². The molecule has 2 saturated heterocycles. The van der Waals surface area contributed by atoms with E-state index in [1.54, 1.807) is 6.20 Å². The molecule has 0 radical (unpaired) electrons. The molecular formula is C20H26N4O4. The molecule has 4 N–H and O–H groups in total. The number of alkyl carbamates (subject to hydrolysis) is 1. The molecule has 28 heavy (non-hydrogen) atoms. The van der Waals surface area contributed by atoms with Crippen molar-refractivity contribution in [1.82, 2.24) is 20.9 Å². The van der Waals surface area contributed by atoms with E-state index in [-0.39, 0.29) is 6.04 Å². The fourth-order valence-electron chi connectivity index (χ4n) is 3.65. The third-order valence-corrected chi connectivity index (χ3v) is 5.42. The van der Waals surface area contributed by atoms with Crippen molar-refractivity contribution in [2.45, 2.75) is 43.6 Å². The molecule has 0 spiro atoms. The number of benzene rings is 1. The molecule has 1 amide bonds. The number of hydrogen-bond acceptors (Lipinski definition) is 7. The van der Waals surface area contributed by atoms with E-state index in [4.69, 9.17) is 9.15 Å². The van der Waals surface area contributed by atoms with E-state index in [0.29, 0.717) is 25.6 Å². The first-order chi connectivity index (χ1) is 13.7. The van der Waals surface area contributed by atoms with E-state index in [1.807, 2.05) is 24.3 Å². The average molecular weight is 386 g/mol. The van der Waals surface area contributed by atoms with E-state index in [0.717, 1.165) is 36.3 Å². The van der Waals surface area contributed by atoms with Crippen LogP contribution in [0.5, 0.6) is 0 Å². The van der Waals surface area contributed by atoms with Crippen LogP contribution in [0.1, 0.15) is 18.4 Å². The number of aliphatic hydroxyl groups excluding tert-OH is 1. The van der Waals surface area contributed by atoms with E-state index in [1.165, 1.54) is 6.39 Å². The number of hydrogen-bond donors (Lipinski definition) is 4. The van der Waals surface area contributed by atoms with Crippen molar-refractivity contribution in [3.63, 3.8) is 0 Å². The molecule has 3 heterocycles. The molecule has 2 fully saturated rings. The summed E-state index contributed by atoms with van der Waals surface area (Å²) in [6, 6.07) is 8.31. The zero-order valence-electron chi connectivity index (χ0n) is 15.6. The average Bonchev–Trinajstić information content (AvgIpc) is 3.30. The Morgan fingerprint density at radius 2 is 2.14 bits per heavy atom. The predicted molar refractivity (Wildman–Crippen MR) is 103 cm³/mol. The topological polar surface area (TPSA) is 109 Å². The van der Waals surface area contributed by atoms with Crippen LogP contribution in [0.25, 0.3) is 11.3 Å². The minimum atomic E-state index is -0.711. The zero-order chi connectivity index (χ0) is 19.3. The lowest BCUT2D eigenvalue weighted by Gasteiger charge is -2.27. The van der Waals surface area contributed by atoms with Gasteiger partial charge in [0, 0.05) is 24.7 Å². The maximum absolute atomic E-state index is 12.1. The second kappa shape index (κ2) is 8.72. The Labute approximate surface area is 163 Å². The van der Waals surface area contributed by atoms with E-state index >= 15 is 0 Å². The number of carbonyl (C=O) groups excluding carboxylic acids is 1. The van der Waals surface area contributed by atoms with Crippen LogP contribution in [0.2, 0.25) is 0 Å². The Hall–Kier alpha value is -2.42. The lowest BCUT2D eigenvalue weighted by Crippen LogP contribution is -2.45. The van der Waals surface area contributed by atoms with Gasteiger partial charge in [-0.25, -0.2) is 9.78 Å². The summed E-state index contributed by atoms with van der Waals surface area (Å²) < 4.78 is 10.8. The summed E-state index contributed by atoms with van der Waals surface area (Å²) in [7, 11) is 0. The monoisotopic (exact) mass is 386 g/mol. The van der Waals surface area contributed by atoms with Gasteiger partial charge in [-0.1, -0.05) is 24.3 Å². The number of aromatic nitrogens is 1. The number of β-amino-alcohol motifs (C(OH)–C–C–N with tert-alkyl or cyclic N) is 1. The molecular weight excluding hydrogens is 360 g/mol. The highest BCUT2D eigenvalue weighted by atomic mass is 16.6. The zero-order valence-corrected chi connectivity index (χ0v) is 15.6. The smallest absolute Gasteiger partial charge is 0.407 e. The highest BCUT2D eigenvalue weighted by Gasteiger charge is 2.37. The molecule has 0 unspecified atom stereocenters. The van der Waals surface area contributed by atoms with Crippen molar-refractivity contribution < 1.29 is 19.1 Å². The third kappa shape index (κ3) is 4.52. The first-order valence-electron chi connectivity index (χ1n) is 9.76. The summed E-state index contributed by atoms with van der Waals surface area (Å²) in [5, 5.41) is 19.5. The van der Waals surface area contributed by atoms with Crippen LogP contribution in [-0.4, -0.2) is 60.1 Å². The highest BCUT2D eigenvalue weighted by molar-refractivity contribution is 5.67. The Morgan fingerprint density at radius 3 is 2.82 bits per heavy atom. The van der Waals surface area contributed by atoms with Crippen molar-refractivity contribution in [2.75, 3.05) is 19.6 Å². The molecule has 2 aromatic rings. The fourth-order valence-corrected chi connectivity index (χ4v) is 3.65. The van der Waals surface area contributed by atoms with Crippen molar-refractivity contribution in [2.24, 2.45) is 0 Å². The van der Waals surface area contributed by atoms with Crippen LogP contribution >= 0.6 is 0 Å². The van der Waals surface area contributed by atoms with Gasteiger partial charge in [0.05, 0.1) is 12.2 Å². The second-order valence-corrected chi connectivity index (χ2v) is 7.37. The maximum Gasteiger partial charge on any atom is 0.407 e. The minimum absolute atomic E-state index is 0.134. The van der Waals surface area contributed by atoms with E-state index < -0.39 is 18.3 Å². The molecule has 0 aliphatic carbocycles. The minimum Gasteiger partial charge on any atom is -0.444 e. The molecule has 150 valence electrons. The van der Waals surface area contributed by atoms with Crippen LogP contribution in [0.4, 0.5) is 4.79 Å². The lowest BCUT2D eigenvalue weighted by molar-refractivity contribution is 0.0189. The normalized spacial score (nSPS) is 26.6. The first-order valence-corrected chi connectivity index (χ1v) is 9.76. The standard InChI is InChI=1S/C20H26N4O4/c25-17-10-24-16(19(17)28-20(26)23-8-6-15-5-7-22-15)9-13-1-3-14(4-2-13)18-11-21-12-27-18/h1-4,11-12,15-17,19,22,24-25H,5-10H2,(H,23,26)/t15-,16+,17-,19-/m0/s1. The van der Waals surface area contributed by atoms with Gasteiger partial charge >= 0.3 is 6.09 Å². The molecule has 8 nitrogen and oxygen atoms in total. The van der Waals surface area contributed by atoms with Gasteiger partial charge in [-0.3, -0.25) is 0 Å². The van der Waals surface area contributed by atoms with Gasteiger partial charge in [-0.2, -0.15) is 0 Å². The van der Waals surface area contributed by atoms with Crippen LogP contribution < -0.4 is 16.0 Å². The van der Waals surface area contributed by atoms with Gasteiger partial charge in [-0.15, -0.1) is 0 Å². The third-order valence-electron chi connectivity index (χ3n) is 5.42. The molecule has 0 saturated carbocycles. The summed E-state index contributed by atoms with van der Waals surface area (Å²) in [6.45, 7) is 2.03. The van der Waals surface area contributed by atoms with Crippen molar-refractivity contribution >= 4 is 6.09 Å². The first kappa shape index (κ1) is 18.9. The second-order valence-electron chi connectivity index (χ2n) is 7.37. The maximum atomic E-state index is 12.1. The Kier molecular flexibility index (Phi) is 5.90. The summed E-state index contributed by atoms with van der Waals surface area (Å²) in [6.07, 6.45) is 4.01. The number of amides is 1. The number of aliphatic hydroxyl groups is 1. The van der Waals surface area contributed by atoms with Crippen LogP contribution in [0.15, 0.2) is 41.3 Å². The molecule has 1 aromatic heterocycles. The molecule has 1 aromatic carbocycles. The summed E-state index contributed by atoms with van der Waals surface area (Å²) in [4.78, 5) is 16.0. The summed E-state index contributed by atoms with van der Waals surface area (Å²) in [5.41, 5.74) is 2.04. The number of carbonyl (C=O) groups is 1. The van der Waals surface area contributed by atoms with Gasteiger partial charge in [0.1, 0.15) is 12.2 Å². The largest absolute Gasteiger partial charge is 0.444 e. The molecule has 0 bridgehead atoms. The Balaban J connectivity index is 1.29. The number of ether oxygens (including phenoxy) is 1. The SMILES string of the molecule is O=C(NCC[C@@H]1CCN1)O[C@@H]1[C@@H](O)CN[C@@H]1Cc1ccc(-c2cnco2)cc1. The van der Waals surface area contributed by atoms with Crippen LogP contribution in [0.3, 0.4) is 0 Å². The highest BCUT2D eigenvalue weighted by Crippen LogP contribution is 2.22. The van der Waals surface area contributed by atoms with Gasteiger partial charge < -0.3 is 30.2 Å². The van der Waals surface area contributed by atoms with E-state index in [9.17, 15) is 9.90 Å². The number of rotatable bonds is 7. The summed E-state index contributed by atoms with van der Waals surface area (Å²) in [5.74, 6) is 0.718. The van der Waals surface area contributed by atoms with Crippen molar-refractivity contribution in [1.29, 1.82) is 0 Å². The van der Waals surface area contributed by atoms with Crippen LogP contribution in [0, 0.1) is 0 Å². The molecule has 4 atom stereocenters. The Bertz CT molecular complexity index is 761. The van der Waals surface area contributed by atoms with Crippen molar-refractivity contribution in [3.8, 4) is 11.3 Å². The number of oxazole rings is 1. The fraction of sp³-hybridized carbons (Fsp3) is 0.500. The van der Waals surface area contributed by atoms with Crippen LogP contribution in [-0.2, 0) is 11.2 Å². The molecule has 2 aliphatic rings. The quantitative estimate of drug-likeness (QED) is 0.563. The summed E-state index contributed by atoms with van der Waals surface area (Å²) >= 11 is 0. The lowest BCUT2D eigenvalue weighted by atomic mass is 10.00. The van der Waals surface area contributed by atoms with Gasteiger partial charge in [-0.05, 0) is 31.4 Å². The van der Waals surface area contributed by atoms with Gasteiger partial charge in [0.2, 0.25) is 0 Å². The number of nitrogens with zero attached hydrogens (tertiary/aromatic N) is 1. The van der Waals surface area contributed by atoms with Gasteiger partial charge in [0.25, 0.3) is 0 Å². The van der Waals surface area contributed by atoms with Crippen molar-refractivity contribution in [3.05, 3.63) is 42.4 Å². The molecule has 8 heteroatoms. The number of nitrogens with one attached hydrogen (secondary N) is 3. The molecule has 2 aliphatic heterocycles. The Morgan fingerprint density at radius 1 is 1.32 bits per heavy atom.